The minimum Gasteiger partial charge on any atom is -0.355 e. The summed E-state index contributed by atoms with van der Waals surface area (Å²) in [7, 11) is 1.87. The lowest BCUT2D eigenvalue weighted by molar-refractivity contribution is 0.0856. The van der Waals surface area contributed by atoms with E-state index in [0.717, 1.165) is 11.3 Å². The Bertz CT molecular complexity index is 827. The van der Waals surface area contributed by atoms with Crippen LogP contribution >= 0.6 is 23.2 Å². The Hall–Kier alpha value is -1.62. The number of benzene rings is 1. The number of aryl methyl sites for hydroxylation is 1. The number of carbonyl (C=O) groups is 2. The van der Waals surface area contributed by atoms with E-state index in [9.17, 15) is 9.59 Å². The van der Waals surface area contributed by atoms with Gasteiger partial charge in [0.2, 0.25) is 0 Å². The van der Waals surface area contributed by atoms with Gasteiger partial charge in [-0.15, -0.1) is 0 Å². The second kappa shape index (κ2) is 7.73. The van der Waals surface area contributed by atoms with Crippen molar-refractivity contribution in [3.05, 3.63) is 56.3 Å². The molecular weight excluding hydrogens is 359 g/mol. The molecule has 0 saturated heterocycles. The normalized spacial score (nSPS) is 12.5. The van der Waals surface area contributed by atoms with E-state index in [0.29, 0.717) is 33.4 Å². The highest BCUT2D eigenvalue weighted by Crippen LogP contribution is 2.24. The van der Waals surface area contributed by atoms with Gasteiger partial charge in [0.1, 0.15) is 0 Å². The standard InChI is InChI=1S/C19H22Cl2N2O2/c1-10-17(13(4)24)11(2)22-18(10)19(25)12(3)23(5)9-14-6-7-15(20)8-16(14)21/h6-8,12,22H,9H2,1-5H3/t12-/m0/s1. The van der Waals surface area contributed by atoms with Crippen LogP contribution in [0.25, 0.3) is 0 Å². The number of H-pyrrole nitrogens is 1. The molecular formula is C19H22Cl2N2O2. The summed E-state index contributed by atoms with van der Waals surface area (Å²) in [5, 5.41) is 1.15. The molecule has 0 spiro atoms. The van der Waals surface area contributed by atoms with Crippen molar-refractivity contribution in [1.82, 2.24) is 9.88 Å². The third-order valence-electron chi connectivity index (χ3n) is 4.51. The fourth-order valence-electron chi connectivity index (χ4n) is 2.99. The summed E-state index contributed by atoms with van der Waals surface area (Å²) in [5.41, 5.74) is 3.42. The number of hydrogen-bond donors (Lipinski definition) is 1. The third-order valence-corrected chi connectivity index (χ3v) is 5.10. The van der Waals surface area contributed by atoms with E-state index in [1.165, 1.54) is 6.92 Å². The number of Topliss-reactive ketones (excluding diaryl/α,β-unsaturated/α-hetero) is 2. The van der Waals surface area contributed by atoms with Gasteiger partial charge < -0.3 is 4.98 Å². The second-order valence-corrected chi connectivity index (χ2v) is 7.22. The van der Waals surface area contributed by atoms with Crippen molar-refractivity contribution in [2.45, 2.75) is 40.3 Å². The Morgan fingerprint density at radius 3 is 2.40 bits per heavy atom. The average molecular weight is 381 g/mol. The van der Waals surface area contributed by atoms with Crippen LogP contribution in [0.1, 0.15) is 51.5 Å². The first-order valence-electron chi connectivity index (χ1n) is 8.02. The molecule has 4 nitrogen and oxygen atoms in total. The number of aromatic nitrogens is 1. The van der Waals surface area contributed by atoms with Crippen molar-refractivity contribution in [3.8, 4) is 0 Å². The van der Waals surface area contributed by atoms with Crippen LogP contribution in [0.5, 0.6) is 0 Å². The Balaban J connectivity index is 2.22. The number of likely N-dealkylation sites (N-methyl/N-ethyl adjacent to an activating group) is 1. The Morgan fingerprint density at radius 1 is 1.24 bits per heavy atom. The highest BCUT2D eigenvalue weighted by Gasteiger charge is 2.26. The largest absolute Gasteiger partial charge is 0.355 e. The van der Waals surface area contributed by atoms with Gasteiger partial charge in [0.15, 0.2) is 11.6 Å². The summed E-state index contributed by atoms with van der Waals surface area (Å²) in [5.74, 6) is -0.0973. The van der Waals surface area contributed by atoms with Crippen LogP contribution in [0.3, 0.4) is 0 Å². The molecule has 0 aliphatic carbocycles. The monoisotopic (exact) mass is 380 g/mol. The minimum atomic E-state index is -0.372. The molecule has 0 saturated carbocycles. The molecule has 0 fully saturated rings. The van der Waals surface area contributed by atoms with Gasteiger partial charge in [0.05, 0.1) is 11.7 Å². The lowest BCUT2D eigenvalue weighted by Crippen LogP contribution is -2.36. The lowest BCUT2D eigenvalue weighted by atomic mass is 10.0. The molecule has 0 aliphatic heterocycles. The number of halogens is 2. The molecule has 0 amide bonds. The van der Waals surface area contributed by atoms with Crippen molar-refractivity contribution in [1.29, 1.82) is 0 Å². The highest BCUT2D eigenvalue weighted by atomic mass is 35.5. The minimum absolute atomic E-state index is 0.0424. The summed E-state index contributed by atoms with van der Waals surface area (Å²) in [6, 6.07) is 4.95. The van der Waals surface area contributed by atoms with E-state index >= 15 is 0 Å². The molecule has 1 aromatic heterocycles. The maximum atomic E-state index is 12.9. The first kappa shape index (κ1) is 19.7. The average Bonchev–Trinajstić information content (AvgIpc) is 2.83. The van der Waals surface area contributed by atoms with Crippen LogP contribution in [0.4, 0.5) is 0 Å². The summed E-state index contributed by atoms with van der Waals surface area (Å²) in [6.07, 6.45) is 0. The number of nitrogens with zero attached hydrogens (tertiary/aromatic N) is 1. The predicted molar refractivity (Wildman–Crippen MR) is 102 cm³/mol. The van der Waals surface area contributed by atoms with Crippen molar-refractivity contribution in [2.24, 2.45) is 0 Å². The lowest BCUT2D eigenvalue weighted by Gasteiger charge is -2.24. The summed E-state index contributed by atoms with van der Waals surface area (Å²) < 4.78 is 0. The van der Waals surface area contributed by atoms with Crippen LogP contribution in [0, 0.1) is 13.8 Å². The van der Waals surface area contributed by atoms with Gasteiger partial charge >= 0.3 is 0 Å². The van der Waals surface area contributed by atoms with E-state index < -0.39 is 0 Å². The van der Waals surface area contributed by atoms with E-state index in [2.05, 4.69) is 4.98 Å². The fourth-order valence-corrected chi connectivity index (χ4v) is 3.46. The molecule has 2 rings (SSSR count). The zero-order chi connectivity index (χ0) is 18.9. The van der Waals surface area contributed by atoms with Crippen molar-refractivity contribution in [3.63, 3.8) is 0 Å². The Morgan fingerprint density at radius 2 is 1.88 bits per heavy atom. The topological polar surface area (TPSA) is 53.2 Å². The predicted octanol–water partition coefficient (Wildman–Crippen LogP) is 4.84. The Kier molecular flexibility index (Phi) is 6.09. The van der Waals surface area contributed by atoms with Crippen LogP contribution in [-0.2, 0) is 6.54 Å². The molecule has 1 atom stereocenters. The van der Waals surface area contributed by atoms with E-state index in [1.807, 2.05) is 31.9 Å². The number of rotatable bonds is 6. The number of ketones is 2. The molecule has 1 aromatic carbocycles. The first-order valence-corrected chi connectivity index (χ1v) is 8.77. The summed E-state index contributed by atoms with van der Waals surface area (Å²) >= 11 is 12.1. The van der Waals surface area contributed by atoms with Gasteiger partial charge in [-0.1, -0.05) is 29.3 Å². The zero-order valence-electron chi connectivity index (χ0n) is 15.0. The van der Waals surface area contributed by atoms with Crippen LogP contribution in [-0.4, -0.2) is 34.5 Å². The molecule has 0 radical (unpaired) electrons. The summed E-state index contributed by atoms with van der Waals surface area (Å²) in [4.78, 5) is 29.6. The number of carbonyl (C=O) groups excluding carboxylic acids is 2. The summed E-state index contributed by atoms with van der Waals surface area (Å²) in [6.45, 7) is 7.48. The van der Waals surface area contributed by atoms with Crippen molar-refractivity contribution < 1.29 is 9.59 Å². The number of nitrogens with one attached hydrogen (secondary N) is 1. The van der Waals surface area contributed by atoms with Gasteiger partial charge in [-0.2, -0.15) is 0 Å². The Labute approximate surface area is 158 Å². The zero-order valence-corrected chi connectivity index (χ0v) is 16.5. The van der Waals surface area contributed by atoms with Crippen LogP contribution in [0.15, 0.2) is 18.2 Å². The number of aromatic amines is 1. The van der Waals surface area contributed by atoms with Crippen molar-refractivity contribution in [2.75, 3.05) is 7.05 Å². The molecule has 1 heterocycles. The van der Waals surface area contributed by atoms with E-state index in [4.69, 9.17) is 23.2 Å². The maximum absolute atomic E-state index is 12.9. The quantitative estimate of drug-likeness (QED) is 0.729. The molecule has 1 N–H and O–H groups in total. The maximum Gasteiger partial charge on any atom is 0.196 e. The smallest absolute Gasteiger partial charge is 0.196 e. The van der Waals surface area contributed by atoms with Crippen LogP contribution in [0.2, 0.25) is 10.0 Å². The van der Waals surface area contributed by atoms with Gasteiger partial charge in [-0.05, 0) is 58.0 Å². The first-order chi connectivity index (χ1) is 11.6. The highest BCUT2D eigenvalue weighted by molar-refractivity contribution is 6.35. The van der Waals surface area contributed by atoms with Crippen LogP contribution < -0.4 is 0 Å². The van der Waals surface area contributed by atoms with E-state index in [1.54, 1.807) is 19.1 Å². The molecule has 134 valence electrons. The van der Waals surface area contributed by atoms with E-state index in [-0.39, 0.29) is 17.6 Å². The number of hydrogen-bond acceptors (Lipinski definition) is 3. The van der Waals surface area contributed by atoms with Gasteiger partial charge in [0.25, 0.3) is 0 Å². The second-order valence-electron chi connectivity index (χ2n) is 6.37. The van der Waals surface area contributed by atoms with Crippen molar-refractivity contribution >= 4 is 34.8 Å². The molecule has 2 aromatic rings. The van der Waals surface area contributed by atoms with Gasteiger partial charge in [-0.25, -0.2) is 0 Å². The molecule has 25 heavy (non-hydrogen) atoms. The SMILES string of the molecule is CC(=O)c1c(C)[nH]c(C(=O)[C@H](C)N(C)Cc2ccc(Cl)cc2Cl)c1C. The van der Waals surface area contributed by atoms with Gasteiger partial charge in [0, 0.05) is 27.8 Å². The third kappa shape index (κ3) is 4.14. The molecule has 0 bridgehead atoms. The fraction of sp³-hybridized carbons (Fsp3) is 0.368. The van der Waals surface area contributed by atoms with Gasteiger partial charge in [-0.3, -0.25) is 14.5 Å². The molecule has 0 aliphatic rings. The molecule has 0 unspecified atom stereocenters. The molecule has 6 heteroatoms.